The summed E-state index contributed by atoms with van der Waals surface area (Å²) in [6, 6.07) is 19.2. The highest BCUT2D eigenvalue weighted by Crippen LogP contribution is 2.55. The van der Waals surface area contributed by atoms with Crippen molar-refractivity contribution in [1.82, 2.24) is 0 Å². The summed E-state index contributed by atoms with van der Waals surface area (Å²) in [7, 11) is 0. The van der Waals surface area contributed by atoms with Crippen molar-refractivity contribution in [2.45, 2.75) is 84.5 Å². The van der Waals surface area contributed by atoms with Crippen LogP contribution in [0.5, 0.6) is 0 Å². The zero-order chi connectivity index (χ0) is 23.8. The smallest absolute Gasteiger partial charge is 0.0437 e. The quantitative estimate of drug-likeness (QED) is 0.355. The minimum Gasteiger partial charge on any atom is -0.0829 e. The van der Waals surface area contributed by atoms with Crippen LogP contribution in [-0.2, 0) is 29.1 Å². The summed E-state index contributed by atoms with van der Waals surface area (Å²) >= 11 is 0. The number of hydrogen-bond donors (Lipinski definition) is 0. The molecule has 0 heterocycles. The van der Waals surface area contributed by atoms with Gasteiger partial charge in [-0.2, -0.15) is 0 Å². The molecule has 3 aromatic carbocycles. The van der Waals surface area contributed by atoms with Gasteiger partial charge in [-0.25, -0.2) is 0 Å². The highest BCUT2D eigenvalue weighted by molar-refractivity contribution is 5.85. The first-order valence-electron chi connectivity index (χ1n) is 12.5. The van der Waals surface area contributed by atoms with Gasteiger partial charge in [0.1, 0.15) is 0 Å². The molecule has 0 fully saturated rings. The van der Waals surface area contributed by atoms with E-state index in [1.165, 1.54) is 50.1 Å². The Bertz CT molecular complexity index is 1250. The Hall–Kier alpha value is -2.60. The summed E-state index contributed by atoms with van der Waals surface area (Å²) < 4.78 is 0. The fourth-order valence-electron chi connectivity index (χ4n) is 5.92. The summed E-state index contributed by atoms with van der Waals surface area (Å²) in [4.78, 5) is 0. The molecule has 0 aliphatic heterocycles. The molecule has 0 amide bonds. The molecule has 33 heavy (non-hydrogen) atoms. The van der Waals surface area contributed by atoms with Crippen molar-refractivity contribution in [3.05, 3.63) is 105 Å². The van der Waals surface area contributed by atoms with E-state index in [4.69, 9.17) is 0 Å². The first kappa shape index (κ1) is 22.2. The predicted molar refractivity (Wildman–Crippen MR) is 143 cm³/mol. The van der Waals surface area contributed by atoms with Gasteiger partial charge in [-0.05, 0) is 87.6 Å². The number of hydrogen-bond acceptors (Lipinski definition) is 0. The average Bonchev–Trinajstić information content (AvgIpc) is 2.99. The van der Waals surface area contributed by atoms with Crippen LogP contribution >= 0.6 is 0 Å². The van der Waals surface area contributed by atoms with E-state index in [-0.39, 0.29) is 16.2 Å². The van der Waals surface area contributed by atoms with Gasteiger partial charge in [0.15, 0.2) is 0 Å². The number of aryl methyl sites for hydroxylation is 2. The topological polar surface area (TPSA) is 0 Å². The summed E-state index contributed by atoms with van der Waals surface area (Å²) in [6.45, 7) is 18.5. The van der Waals surface area contributed by atoms with Crippen molar-refractivity contribution in [3.63, 3.8) is 0 Å². The summed E-state index contributed by atoms with van der Waals surface area (Å²) in [6.07, 6.45) is 7.01. The van der Waals surface area contributed by atoms with Crippen LogP contribution in [0.3, 0.4) is 0 Å². The highest BCUT2D eigenvalue weighted by Gasteiger charge is 2.44. The Morgan fingerprint density at radius 2 is 1.39 bits per heavy atom. The fraction of sp³-hybridized carbons (Fsp3) is 0.394. The van der Waals surface area contributed by atoms with Crippen molar-refractivity contribution in [1.29, 1.82) is 0 Å². The van der Waals surface area contributed by atoms with Gasteiger partial charge in [-0.15, -0.1) is 0 Å². The van der Waals surface area contributed by atoms with Crippen LogP contribution in [0.15, 0.2) is 60.7 Å². The van der Waals surface area contributed by atoms with E-state index < -0.39 is 0 Å². The maximum Gasteiger partial charge on any atom is 0.0437 e. The number of fused-ring (bicyclic) bond motifs is 3. The van der Waals surface area contributed by atoms with Crippen LogP contribution < -0.4 is 0 Å². The molecule has 2 aliphatic rings. The first-order chi connectivity index (χ1) is 15.4. The molecule has 5 rings (SSSR count). The van der Waals surface area contributed by atoms with Crippen LogP contribution in [0.4, 0.5) is 0 Å². The molecule has 1 unspecified atom stereocenters. The van der Waals surface area contributed by atoms with Gasteiger partial charge in [-0.3, -0.25) is 0 Å². The van der Waals surface area contributed by atoms with E-state index >= 15 is 0 Å². The first-order valence-corrected chi connectivity index (χ1v) is 12.5. The minimum absolute atomic E-state index is 0.0814. The van der Waals surface area contributed by atoms with Gasteiger partial charge in [-0.1, -0.05) is 108 Å². The van der Waals surface area contributed by atoms with E-state index in [0.717, 1.165) is 12.8 Å². The van der Waals surface area contributed by atoms with E-state index in [1.54, 1.807) is 5.56 Å². The zero-order valence-corrected chi connectivity index (χ0v) is 21.7. The van der Waals surface area contributed by atoms with Crippen molar-refractivity contribution in [2.75, 3.05) is 0 Å². The van der Waals surface area contributed by atoms with Crippen molar-refractivity contribution >= 4 is 0 Å². The lowest BCUT2D eigenvalue weighted by Crippen LogP contribution is -2.30. The number of rotatable bonds is 2. The predicted octanol–water partition coefficient (Wildman–Crippen LogP) is 8.52. The largest absolute Gasteiger partial charge is 0.0829 e. The van der Waals surface area contributed by atoms with Crippen LogP contribution in [0.2, 0.25) is 0 Å². The third-order valence-corrected chi connectivity index (χ3v) is 7.87. The van der Waals surface area contributed by atoms with E-state index in [1.807, 2.05) is 0 Å². The summed E-state index contributed by atoms with van der Waals surface area (Å²) in [5.41, 5.74) is 14.7. The molecule has 1 atom stereocenters. The van der Waals surface area contributed by atoms with Crippen LogP contribution in [-0.4, -0.2) is 0 Å². The van der Waals surface area contributed by atoms with E-state index in [2.05, 4.69) is 116 Å². The van der Waals surface area contributed by atoms with Gasteiger partial charge < -0.3 is 0 Å². The lowest BCUT2D eigenvalue weighted by Gasteiger charge is -2.35. The maximum atomic E-state index is 2.53. The molecule has 0 nitrogen and oxygen atoms in total. The van der Waals surface area contributed by atoms with E-state index in [0.29, 0.717) is 0 Å². The molecule has 0 N–H and O–H groups in total. The Labute approximate surface area is 200 Å². The van der Waals surface area contributed by atoms with Gasteiger partial charge in [0.25, 0.3) is 0 Å². The molecular weight excluding hydrogens is 396 g/mol. The standard InChI is InChI=1S/C33H38/c1-21-11-13-27-28-14-12-22(2)26-10-9-15-33(30(26)28,29(27)16-21)20-23-17-24(31(3,4)5)19-25(18-23)32(6,7)8/h9,11-19H,10,20H2,1-8H3. The Morgan fingerprint density at radius 3 is 2.03 bits per heavy atom. The van der Waals surface area contributed by atoms with Gasteiger partial charge in [0.05, 0.1) is 0 Å². The number of allylic oxidation sites excluding steroid dienone is 2. The van der Waals surface area contributed by atoms with E-state index in [9.17, 15) is 0 Å². The molecule has 2 aliphatic carbocycles. The van der Waals surface area contributed by atoms with Crippen LogP contribution in [0, 0.1) is 13.8 Å². The second-order valence-electron chi connectivity index (χ2n) is 12.5. The molecule has 0 heteroatoms. The third-order valence-electron chi connectivity index (χ3n) is 7.87. The molecule has 0 aromatic heterocycles. The van der Waals surface area contributed by atoms with Crippen molar-refractivity contribution in [3.8, 4) is 11.1 Å². The van der Waals surface area contributed by atoms with Crippen molar-refractivity contribution < 1.29 is 0 Å². The highest BCUT2D eigenvalue weighted by atomic mass is 14.5. The lowest BCUT2D eigenvalue weighted by atomic mass is 9.67. The molecule has 0 bridgehead atoms. The Kier molecular flexibility index (Phi) is 4.84. The summed E-state index contributed by atoms with van der Waals surface area (Å²) in [5, 5.41) is 0. The molecule has 0 saturated carbocycles. The Morgan fingerprint density at radius 1 is 0.758 bits per heavy atom. The second kappa shape index (κ2) is 7.20. The molecule has 0 spiro atoms. The minimum atomic E-state index is -0.0814. The molecule has 0 saturated heterocycles. The molecule has 3 aromatic rings. The van der Waals surface area contributed by atoms with Gasteiger partial charge >= 0.3 is 0 Å². The van der Waals surface area contributed by atoms with Gasteiger partial charge in [0.2, 0.25) is 0 Å². The Balaban J connectivity index is 1.77. The zero-order valence-electron chi connectivity index (χ0n) is 21.7. The van der Waals surface area contributed by atoms with Crippen LogP contribution in [0.1, 0.15) is 86.1 Å². The number of benzene rings is 3. The second-order valence-corrected chi connectivity index (χ2v) is 12.5. The molecular formula is C33H38. The lowest BCUT2D eigenvalue weighted by molar-refractivity contribution is 0.562. The van der Waals surface area contributed by atoms with Crippen LogP contribution in [0.25, 0.3) is 11.1 Å². The monoisotopic (exact) mass is 434 g/mol. The van der Waals surface area contributed by atoms with Gasteiger partial charge in [0, 0.05) is 5.41 Å². The average molecular weight is 435 g/mol. The maximum absolute atomic E-state index is 2.53. The normalized spacial score (nSPS) is 18.9. The fourth-order valence-corrected chi connectivity index (χ4v) is 5.92. The molecule has 170 valence electrons. The third kappa shape index (κ3) is 3.50. The van der Waals surface area contributed by atoms with Crippen molar-refractivity contribution in [2.24, 2.45) is 0 Å². The molecule has 0 radical (unpaired) electrons. The SMILES string of the molecule is Cc1ccc2c(c1)C1(Cc3cc(C(C)(C)C)cc(C(C)(C)C)c3)C=CCc3c(C)ccc-2c31. The summed E-state index contributed by atoms with van der Waals surface area (Å²) in [5.74, 6) is 0.